The maximum absolute atomic E-state index is 2.56. The Hall–Kier alpha value is -7.80. The Kier molecular flexibility index (Phi) is 32.2. The third kappa shape index (κ3) is 24.1. The van der Waals surface area contributed by atoms with Gasteiger partial charge in [0.15, 0.2) is 0 Å². The second-order valence-corrected chi connectivity index (χ2v) is 50.4. The standard InChI is InChI=1S/C25H36.C23H32.C21H28.C21H30.C20H28.C19H26/c1-17-19-11-9-10-12-20(19)21(13-22(17)23(2,3)4)18-14-24(5,6)16-25(7,8)15-18;1-16-18-9-7-8-10-19(18)20(15-21(16)22(2,3)4)17-11-13-23(5,6)14-12-17;1-15-17-12-8-9-13-18(17)19(14-20(15)21(2,3)4)16-10-6-5-7-11-16;1-8-21(7,9-2)19-14-18(20(4,5)6)15(3)16-12-10-11-13-17(16)19;1-7-15(8-2)18-13-19(20(4,5)6)14(3)16-11-9-10-12-17(16)18;1-13-14-10-8-9-11-15(14)17(19(5,6)7)12-16(13)18(2,3)4/h9-13,18H,14-16H2,1-8H3;7-10,15,17H,11-14H2,1-6H3;8-9,12-14,16H,5-7,10-11H2,1-4H3;10-14H,8-9H2,1-7H3;9-13,15H,7-8H2,1-6H3;8-12H,1-7H3. The van der Waals surface area contributed by atoms with Crippen LogP contribution >= 0.6 is 0 Å². The van der Waals surface area contributed by atoms with Crippen LogP contribution in [-0.4, -0.2) is 0 Å². The Balaban J connectivity index is 0.000000161. The van der Waals surface area contributed by atoms with Crippen LogP contribution in [0.5, 0.6) is 0 Å². The number of aryl methyl sites for hydroxylation is 6. The average Bonchev–Trinajstić information content (AvgIpc) is 0.748. The first-order valence-electron chi connectivity index (χ1n) is 51.0. The summed E-state index contributed by atoms with van der Waals surface area (Å²) in [6.45, 7) is 88.9. The van der Waals surface area contributed by atoms with Crippen LogP contribution < -0.4 is 0 Å². The first-order valence-corrected chi connectivity index (χ1v) is 51.0. The molecule has 3 aliphatic carbocycles. The molecule has 696 valence electrons. The lowest BCUT2D eigenvalue weighted by Crippen LogP contribution is -2.33. The van der Waals surface area contributed by atoms with Crippen molar-refractivity contribution in [1.29, 1.82) is 0 Å². The molecule has 129 heavy (non-hydrogen) atoms. The van der Waals surface area contributed by atoms with Gasteiger partial charge in [0, 0.05) is 0 Å². The lowest BCUT2D eigenvalue weighted by Gasteiger charge is -2.45. The predicted octanol–water partition coefficient (Wildman–Crippen LogP) is 40.0. The molecule has 0 aliphatic heterocycles. The van der Waals surface area contributed by atoms with Crippen molar-refractivity contribution < 1.29 is 0 Å². The van der Waals surface area contributed by atoms with Gasteiger partial charge in [-0.05, 0) is 373 Å². The molecule has 0 radical (unpaired) electrons. The van der Waals surface area contributed by atoms with Crippen LogP contribution in [-0.2, 0) is 43.3 Å². The molecule has 0 amide bonds. The van der Waals surface area contributed by atoms with Gasteiger partial charge in [-0.15, -0.1) is 0 Å². The van der Waals surface area contributed by atoms with Crippen molar-refractivity contribution in [2.24, 2.45) is 16.2 Å². The second-order valence-electron chi connectivity index (χ2n) is 50.4. The van der Waals surface area contributed by atoms with Crippen LogP contribution in [0.3, 0.4) is 0 Å². The van der Waals surface area contributed by atoms with Crippen molar-refractivity contribution >= 4 is 64.6 Å². The van der Waals surface area contributed by atoms with Gasteiger partial charge in [0.25, 0.3) is 0 Å². The Bertz CT molecular complexity index is 5810. The maximum Gasteiger partial charge on any atom is -0.00742 e. The summed E-state index contributed by atoms with van der Waals surface area (Å²) in [6.07, 6.45) is 21.1. The van der Waals surface area contributed by atoms with Crippen LogP contribution in [0.4, 0.5) is 0 Å². The van der Waals surface area contributed by atoms with Gasteiger partial charge in [0.1, 0.15) is 0 Å². The molecule has 0 spiro atoms. The normalized spacial score (nSPS) is 16.2. The molecule has 0 N–H and O–H groups in total. The molecule has 0 heterocycles. The van der Waals surface area contributed by atoms with Gasteiger partial charge in [-0.3, -0.25) is 0 Å². The van der Waals surface area contributed by atoms with E-state index in [-0.39, 0.29) is 43.3 Å². The molecule has 3 saturated carbocycles. The van der Waals surface area contributed by atoms with E-state index in [1.165, 1.54) is 245 Å². The Morgan fingerprint density at radius 3 is 0.798 bits per heavy atom. The van der Waals surface area contributed by atoms with E-state index >= 15 is 0 Å². The summed E-state index contributed by atoms with van der Waals surface area (Å²) in [6, 6.07) is 68.8. The van der Waals surface area contributed by atoms with Crippen molar-refractivity contribution in [1.82, 2.24) is 0 Å². The molecule has 12 aromatic rings. The molecule has 0 saturated heterocycles. The molecule has 0 unspecified atom stereocenters. The topological polar surface area (TPSA) is 0 Å². The van der Waals surface area contributed by atoms with E-state index in [0.29, 0.717) is 28.1 Å². The molecule has 0 bridgehead atoms. The fourth-order valence-electron chi connectivity index (χ4n) is 23.9. The third-order valence-corrected chi connectivity index (χ3v) is 31.1. The molecule has 0 nitrogen and oxygen atoms in total. The summed E-state index contributed by atoms with van der Waals surface area (Å²) < 4.78 is 0. The highest BCUT2D eigenvalue weighted by atomic mass is 14.5. The van der Waals surface area contributed by atoms with Gasteiger partial charge in [-0.2, -0.15) is 0 Å². The van der Waals surface area contributed by atoms with Crippen LogP contribution in [0.1, 0.15) is 448 Å². The largest absolute Gasteiger partial charge is 0.0648 e. The van der Waals surface area contributed by atoms with Crippen LogP contribution in [0.25, 0.3) is 64.6 Å². The van der Waals surface area contributed by atoms with Gasteiger partial charge in [0.05, 0.1) is 0 Å². The molecule has 15 rings (SSSR count). The van der Waals surface area contributed by atoms with Crippen LogP contribution in [0.15, 0.2) is 182 Å². The van der Waals surface area contributed by atoms with E-state index in [0.717, 1.165) is 11.8 Å². The summed E-state index contributed by atoms with van der Waals surface area (Å²) in [5.41, 5.74) is 30.1. The number of hydrogen-bond donors (Lipinski definition) is 0. The SMILES string of the molecule is CCC(C)(CC)c1cc(C(C)(C)C)c(C)c2ccccc12.CCC(CC)c1cc(C(C)(C)C)c(C)c2ccccc12.Cc1c(C(C)(C)C)cc(C(C)(C)C)c2ccccc12.Cc1c(C(C)(C)C)cc(C2CC(C)(C)CC(C)(C)C2)c2ccccc12.Cc1c(C(C)(C)C)cc(C2CCC(C)(C)CC2)c2ccccc12.Cc1c(C(C)(C)C)cc(C2CCCCC2)c2ccccc12. The smallest absolute Gasteiger partial charge is 0.00742 e. The molecule has 0 aromatic heterocycles. The minimum atomic E-state index is 0.174. The average molecular weight is 1730 g/mol. The van der Waals surface area contributed by atoms with Crippen molar-refractivity contribution in [3.8, 4) is 0 Å². The Morgan fingerprint density at radius 1 is 0.256 bits per heavy atom. The zero-order valence-electron chi connectivity index (χ0n) is 89.4. The van der Waals surface area contributed by atoms with Gasteiger partial charge in [-0.1, -0.05) is 423 Å². The van der Waals surface area contributed by atoms with Gasteiger partial charge in [0.2, 0.25) is 0 Å². The minimum Gasteiger partial charge on any atom is -0.0648 e. The van der Waals surface area contributed by atoms with E-state index in [9.17, 15) is 0 Å². The summed E-state index contributed by atoms with van der Waals surface area (Å²) in [7, 11) is 0. The summed E-state index contributed by atoms with van der Waals surface area (Å²) in [5.74, 6) is 2.83. The fourth-order valence-corrected chi connectivity index (χ4v) is 23.9. The maximum atomic E-state index is 2.56. The van der Waals surface area contributed by atoms with Crippen LogP contribution in [0.2, 0.25) is 0 Å². The van der Waals surface area contributed by atoms with Crippen molar-refractivity contribution in [3.63, 3.8) is 0 Å². The summed E-state index contributed by atoms with van der Waals surface area (Å²) in [4.78, 5) is 0. The number of hydrogen-bond acceptors (Lipinski definition) is 0. The minimum absolute atomic E-state index is 0.174. The highest BCUT2D eigenvalue weighted by molar-refractivity contribution is 5.95. The zero-order chi connectivity index (χ0) is 95.7. The Labute approximate surface area is 790 Å². The molecule has 3 aliphatic rings. The highest BCUT2D eigenvalue weighted by Gasteiger charge is 2.41. The molecular weight excluding hydrogens is 1550 g/mol. The monoisotopic (exact) mass is 1730 g/mol. The quantitative estimate of drug-likeness (QED) is 0.135. The zero-order valence-corrected chi connectivity index (χ0v) is 89.4. The van der Waals surface area contributed by atoms with Crippen LogP contribution in [0, 0.1) is 57.8 Å². The summed E-state index contributed by atoms with van der Waals surface area (Å²) in [5, 5.41) is 17.4. The van der Waals surface area contributed by atoms with Gasteiger partial charge in [-0.25, -0.2) is 0 Å². The van der Waals surface area contributed by atoms with E-state index < -0.39 is 0 Å². The van der Waals surface area contributed by atoms with Crippen molar-refractivity contribution in [2.75, 3.05) is 0 Å². The molecule has 12 aromatic carbocycles. The fraction of sp³-hybridized carbons (Fsp3) is 0.535. The third-order valence-electron chi connectivity index (χ3n) is 31.1. The number of benzene rings is 12. The van der Waals surface area contributed by atoms with E-state index in [2.05, 4.69) is 445 Å². The van der Waals surface area contributed by atoms with E-state index in [4.69, 9.17) is 0 Å². The van der Waals surface area contributed by atoms with Crippen molar-refractivity contribution in [2.45, 2.75) is 433 Å². The first kappa shape index (κ1) is 103. The van der Waals surface area contributed by atoms with E-state index in [1.807, 2.05) is 0 Å². The Morgan fingerprint density at radius 2 is 0.496 bits per heavy atom. The molecule has 0 atom stereocenters. The lowest BCUT2D eigenvalue weighted by atomic mass is 9.59. The summed E-state index contributed by atoms with van der Waals surface area (Å²) >= 11 is 0. The number of fused-ring (bicyclic) bond motifs is 6. The van der Waals surface area contributed by atoms with Gasteiger partial charge >= 0.3 is 0 Å². The molecule has 3 fully saturated rings. The molecular formula is C129H180. The predicted molar refractivity (Wildman–Crippen MR) is 579 cm³/mol. The first-order chi connectivity index (χ1) is 59.8. The highest BCUT2D eigenvalue weighted by Crippen LogP contribution is 2.55. The lowest BCUT2D eigenvalue weighted by molar-refractivity contribution is 0.0973. The van der Waals surface area contributed by atoms with Crippen molar-refractivity contribution in [3.05, 3.63) is 282 Å². The van der Waals surface area contributed by atoms with Gasteiger partial charge < -0.3 is 0 Å². The van der Waals surface area contributed by atoms with E-state index in [1.54, 1.807) is 22.3 Å². The number of rotatable bonds is 9. The second kappa shape index (κ2) is 40.2. The molecule has 0 heteroatoms.